The number of hydrazone groups is 1. The summed E-state index contributed by atoms with van der Waals surface area (Å²) in [6.45, 7) is 0.139. The van der Waals surface area contributed by atoms with E-state index in [1.807, 2.05) is 36.4 Å². The maximum absolute atomic E-state index is 12.0. The molecule has 0 heterocycles. The first-order valence-corrected chi connectivity index (χ1v) is 9.48. The summed E-state index contributed by atoms with van der Waals surface area (Å²) in [6, 6.07) is 23.8. The number of nitrogens with one attached hydrogen (secondary N) is 1. The van der Waals surface area contributed by atoms with E-state index < -0.39 is 5.91 Å². The Bertz CT molecular complexity index is 1090. The summed E-state index contributed by atoms with van der Waals surface area (Å²) in [4.78, 5) is 12.0. The molecule has 0 aliphatic heterocycles. The molecule has 1 amide bonds. The van der Waals surface area contributed by atoms with Gasteiger partial charge >= 0.3 is 0 Å². The molecule has 0 unspecified atom stereocenters. The Morgan fingerprint density at radius 2 is 1.77 bits per heavy atom. The number of para-hydroxylation sites is 1. The molecule has 7 nitrogen and oxygen atoms in total. The molecule has 1 N–H and O–H groups in total. The molecule has 156 valence electrons. The molecule has 0 saturated heterocycles. The monoisotopic (exact) mass is 415 g/mol. The van der Waals surface area contributed by atoms with Gasteiger partial charge in [0.15, 0.2) is 18.1 Å². The van der Waals surface area contributed by atoms with Crippen LogP contribution in [0.2, 0.25) is 0 Å². The summed E-state index contributed by atoms with van der Waals surface area (Å²) in [7, 11) is 1.57. The Morgan fingerprint density at radius 3 is 2.55 bits per heavy atom. The van der Waals surface area contributed by atoms with Crippen molar-refractivity contribution in [3.63, 3.8) is 0 Å². The fourth-order valence-corrected chi connectivity index (χ4v) is 2.66. The normalized spacial score (nSPS) is 10.3. The van der Waals surface area contributed by atoms with Gasteiger partial charge in [0.25, 0.3) is 5.91 Å². The minimum atomic E-state index is -0.446. The minimum Gasteiger partial charge on any atom is -0.493 e. The van der Waals surface area contributed by atoms with E-state index in [1.54, 1.807) is 49.6 Å². The van der Waals surface area contributed by atoms with E-state index >= 15 is 0 Å². The zero-order chi connectivity index (χ0) is 21.9. The molecule has 0 radical (unpaired) electrons. The lowest BCUT2D eigenvalue weighted by atomic mass is 10.2. The summed E-state index contributed by atoms with van der Waals surface area (Å²) >= 11 is 0. The van der Waals surface area contributed by atoms with Crippen LogP contribution in [0.4, 0.5) is 0 Å². The smallest absolute Gasteiger partial charge is 0.277 e. The number of hydrogen-bond donors (Lipinski definition) is 1. The maximum Gasteiger partial charge on any atom is 0.277 e. The molecule has 0 saturated carbocycles. The van der Waals surface area contributed by atoms with Gasteiger partial charge in [0.2, 0.25) is 0 Å². The second-order valence-electron chi connectivity index (χ2n) is 6.37. The Morgan fingerprint density at radius 1 is 1.00 bits per heavy atom. The molecule has 0 aliphatic carbocycles. The van der Waals surface area contributed by atoms with Crippen LogP contribution in [0, 0.1) is 11.3 Å². The van der Waals surface area contributed by atoms with Crippen molar-refractivity contribution in [3.05, 3.63) is 89.5 Å². The van der Waals surface area contributed by atoms with Gasteiger partial charge in [-0.25, -0.2) is 5.43 Å². The van der Waals surface area contributed by atoms with Crippen LogP contribution >= 0.6 is 0 Å². The summed E-state index contributed by atoms with van der Waals surface area (Å²) in [5.74, 6) is 1.07. The first-order chi connectivity index (χ1) is 15.2. The number of carbonyl (C=O) groups is 1. The maximum atomic E-state index is 12.0. The Balaban J connectivity index is 1.56. The predicted molar refractivity (Wildman–Crippen MR) is 116 cm³/mol. The largest absolute Gasteiger partial charge is 0.493 e. The van der Waals surface area contributed by atoms with E-state index in [1.165, 1.54) is 6.21 Å². The van der Waals surface area contributed by atoms with Crippen LogP contribution in [0.3, 0.4) is 0 Å². The summed E-state index contributed by atoms with van der Waals surface area (Å²) in [5, 5.41) is 13.0. The topological polar surface area (TPSA) is 92.9 Å². The molecular formula is C24H21N3O4. The fraction of sp³-hybridized carbons (Fsp3) is 0.125. The number of carbonyl (C=O) groups excluding carboxylic acids is 1. The molecule has 0 aromatic heterocycles. The van der Waals surface area contributed by atoms with E-state index in [2.05, 4.69) is 10.5 Å². The molecule has 3 rings (SSSR count). The second-order valence-corrected chi connectivity index (χ2v) is 6.37. The SMILES string of the molecule is COc1ccc(/C=N/NC(=O)COc2ccccc2C#N)cc1OCc1ccccc1. The number of benzene rings is 3. The predicted octanol–water partition coefficient (Wildman–Crippen LogP) is 3.67. The lowest BCUT2D eigenvalue weighted by Gasteiger charge is -2.11. The third-order valence-electron chi connectivity index (χ3n) is 4.19. The van der Waals surface area contributed by atoms with Gasteiger partial charge in [0, 0.05) is 0 Å². The molecule has 0 atom stereocenters. The van der Waals surface area contributed by atoms with Crippen molar-refractivity contribution in [2.45, 2.75) is 6.61 Å². The number of ether oxygens (including phenoxy) is 3. The van der Waals surface area contributed by atoms with Crippen LogP contribution in [0.1, 0.15) is 16.7 Å². The zero-order valence-electron chi connectivity index (χ0n) is 16.9. The quantitative estimate of drug-likeness (QED) is 0.425. The van der Waals surface area contributed by atoms with Gasteiger partial charge in [0.05, 0.1) is 18.9 Å². The third-order valence-corrected chi connectivity index (χ3v) is 4.19. The van der Waals surface area contributed by atoms with E-state index in [-0.39, 0.29) is 6.61 Å². The summed E-state index contributed by atoms with van der Waals surface area (Å²) in [6.07, 6.45) is 1.50. The van der Waals surface area contributed by atoms with Crippen molar-refractivity contribution in [1.29, 1.82) is 5.26 Å². The highest BCUT2D eigenvalue weighted by Gasteiger charge is 2.07. The fourth-order valence-electron chi connectivity index (χ4n) is 2.66. The van der Waals surface area contributed by atoms with Crippen LogP contribution < -0.4 is 19.6 Å². The summed E-state index contributed by atoms with van der Waals surface area (Å²) < 4.78 is 16.6. The highest BCUT2D eigenvalue weighted by molar-refractivity contribution is 5.83. The highest BCUT2D eigenvalue weighted by Crippen LogP contribution is 2.28. The van der Waals surface area contributed by atoms with Crippen molar-refractivity contribution < 1.29 is 19.0 Å². The summed E-state index contributed by atoms with van der Waals surface area (Å²) in [5.41, 5.74) is 4.51. The molecule has 0 fully saturated rings. The molecule has 0 aliphatic rings. The van der Waals surface area contributed by atoms with Gasteiger partial charge in [-0.3, -0.25) is 4.79 Å². The average molecular weight is 415 g/mol. The van der Waals surface area contributed by atoms with Crippen LogP contribution in [-0.2, 0) is 11.4 Å². The average Bonchev–Trinajstić information content (AvgIpc) is 2.82. The number of amides is 1. The van der Waals surface area contributed by atoms with Gasteiger partial charge in [-0.15, -0.1) is 0 Å². The van der Waals surface area contributed by atoms with Crippen molar-refractivity contribution in [2.24, 2.45) is 5.10 Å². The standard InChI is InChI=1S/C24H21N3O4/c1-29-22-12-11-19(13-23(22)30-16-18-7-3-2-4-8-18)15-26-27-24(28)17-31-21-10-6-5-9-20(21)14-25/h2-13,15H,16-17H2,1H3,(H,27,28)/b26-15+. The van der Waals surface area contributed by atoms with E-state index in [9.17, 15) is 4.79 Å². The Labute approximate surface area is 180 Å². The van der Waals surface area contributed by atoms with Gasteiger partial charge in [0.1, 0.15) is 18.4 Å². The number of hydrogen-bond acceptors (Lipinski definition) is 6. The highest BCUT2D eigenvalue weighted by atomic mass is 16.5. The molecule has 3 aromatic rings. The molecule has 0 bridgehead atoms. The Hall–Kier alpha value is -4.31. The number of nitrogens with zero attached hydrogens (tertiary/aromatic N) is 2. The molecule has 7 heteroatoms. The van der Waals surface area contributed by atoms with E-state index in [0.29, 0.717) is 29.4 Å². The number of nitriles is 1. The van der Waals surface area contributed by atoms with E-state index in [0.717, 1.165) is 11.1 Å². The van der Waals surface area contributed by atoms with Crippen molar-refractivity contribution in [3.8, 4) is 23.3 Å². The van der Waals surface area contributed by atoms with Gasteiger partial charge < -0.3 is 14.2 Å². The second kappa shape index (κ2) is 11.0. The lowest BCUT2D eigenvalue weighted by molar-refractivity contribution is -0.123. The molecule has 0 spiro atoms. The van der Waals surface area contributed by atoms with E-state index in [4.69, 9.17) is 19.5 Å². The minimum absolute atomic E-state index is 0.260. The van der Waals surface area contributed by atoms with Gasteiger partial charge in [-0.1, -0.05) is 42.5 Å². The van der Waals surface area contributed by atoms with Crippen LogP contribution in [0.15, 0.2) is 77.9 Å². The number of methoxy groups -OCH3 is 1. The molecular weight excluding hydrogens is 394 g/mol. The zero-order valence-corrected chi connectivity index (χ0v) is 16.9. The van der Waals surface area contributed by atoms with Gasteiger partial charge in [-0.05, 0) is 41.5 Å². The van der Waals surface area contributed by atoms with Crippen LogP contribution in [-0.4, -0.2) is 25.8 Å². The van der Waals surface area contributed by atoms with Crippen molar-refractivity contribution in [1.82, 2.24) is 5.43 Å². The number of rotatable bonds is 9. The van der Waals surface area contributed by atoms with Crippen LogP contribution in [0.25, 0.3) is 0 Å². The first-order valence-electron chi connectivity index (χ1n) is 9.48. The molecule has 3 aromatic carbocycles. The first kappa shape index (κ1) is 21.4. The molecule has 31 heavy (non-hydrogen) atoms. The lowest BCUT2D eigenvalue weighted by Crippen LogP contribution is -2.24. The third kappa shape index (κ3) is 6.34. The van der Waals surface area contributed by atoms with Crippen molar-refractivity contribution >= 4 is 12.1 Å². The van der Waals surface area contributed by atoms with Crippen molar-refractivity contribution in [2.75, 3.05) is 13.7 Å². The van der Waals surface area contributed by atoms with Crippen LogP contribution in [0.5, 0.6) is 17.2 Å². The Kier molecular flexibility index (Phi) is 7.61. The van der Waals surface area contributed by atoms with Gasteiger partial charge in [-0.2, -0.15) is 10.4 Å².